The molecule has 0 aliphatic carbocycles. The zero-order valence-electron chi connectivity index (χ0n) is 17.1. The second kappa shape index (κ2) is 9.49. The van der Waals surface area contributed by atoms with Crippen LogP contribution in [0.3, 0.4) is 0 Å². The minimum atomic E-state index is -0.515. The van der Waals surface area contributed by atoms with E-state index in [2.05, 4.69) is 10.1 Å². The number of nitrogens with zero attached hydrogens (tertiary/aromatic N) is 3. The van der Waals surface area contributed by atoms with E-state index in [1.54, 1.807) is 18.2 Å². The Bertz CT molecular complexity index is 1020. The van der Waals surface area contributed by atoms with Crippen molar-refractivity contribution in [2.24, 2.45) is 5.92 Å². The number of aromatic nitrogens is 3. The summed E-state index contributed by atoms with van der Waals surface area (Å²) in [5.41, 5.74) is 0.853. The number of rotatable bonds is 9. The lowest BCUT2D eigenvalue weighted by atomic mass is 10.1. The summed E-state index contributed by atoms with van der Waals surface area (Å²) < 4.78 is 25.7. The number of furan rings is 1. The van der Waals surface area contributed by atoms with Gasteiger partial charge in [-0.25, -0.2) is 14.1 Å². The predicted octanol–water partition coefficient (Wildman–Crippen LogP) is 4.57. The van der Waals surface area contributed by atoms with Crippen molar-refractivity contribution in [2.45, 2.75) is 33.4 Å². The van der Waals surface area contributed by atoms with Crippen LogP contribution >= 0.6 is 0 Å². The summed E-state index contributed by atoms with van der Waals surface area (Å²) in [5, 5.41) is 14.4. The van der Waals surface area contributed by atoms with E-state index in [1.807, 2.05) is 20.8 Å². The number of hydrogen-bond acceptors (Lipinski definition) is 6. The Morgan fingerprint density at radius 2 is 1.97 bits per heavy atom. The number of ether oxygens (including phenoxy) is 1. The summed E-state index contributed by atoms with van der Waals surface area (Å²) in [7, 11) is 0. The average Bonchev–Trinajstić information content (AvgIpc) is 3.38. The minimum absolute atomic E-state index is 0.0152. The molecule has 0 aliphatic heterocycles. The monoisotopic (exact) mass is 413 g/mol. The van der Waals surface area contributed by atoms with Crippen LogP contribution in [0.2, 0.25) is 0 Å². The summed E-state index contributed by atoms with van der Waals surface area (Å²) in [6, 6.07) is 9.23. The van der Waals surface area contributed by atoms with Crippen molar-refractivity contribution >= 4 is 11.5 Å². The molecule has 8 heteroatoms. The van der Waals surface area contributed by atoms with E-state index < -0.39 is 5.78 Å². The molecule has 1 aromatic carbocycles. The van der Waals surface area contributed by atoms with Gasteiger partial charge in [-0.2, -0.15) is 0 Å². The van der Waals surface area contributed by atoms with Gasteiger partial charge < -0.3 is 14.3 Å². The fourth-order valence-electron chi connectivity index (χ4n) is 2.64. The van der Waals surface area contributed by atoms with Gasteiger partial charge in [0.1, 0.15) is 24.1 Å². The van der Waals surface area contributed by atoms with Crippen LogP contribution in [0, 0.1) is 11.7 Å². The van der Waals surface area contributed by atoms with Gasteiger partial charge in [0.2, 0.25) is 11.6 Å². The van der Waals surface area contributed by atoms with Crippen LogP contribution in [-0.4, -0.2) is 32.3 Å². The number of halogens is 1. The molecule has 1 unspecified atom stereocenters. The van der Waals surface area contributed by atoms with Crippen LogP contribution in [0.5, 0.6) is 0 Å². The Morgan fingerprint density at radius 3 is 2.67 bits per heavy atom. The molecule has 0 bridgehead atoms. The molecule has 1 atom stereocenters. The van der Waals surface area contributed by atoms with Crippen LogP contribution < -0.4 is 0 Å². The lowest BCUT2D eigenvalue weighted by Crippen LogP contribution is -2.13. The Morgan fingerprint density at radius 1 is 1.23 bits per heavy atom. The normalized spacial score (nSPS) is 13.0. The van der Waals surface area contributed by atoms with Crippen molar-refractivity contribution in [3.63, 3.8) is 0 Å². The Balaban J connectivity index is 1.64. The lowest BCUT2D eigenvalue weighted by Gasteiger charge is -2.14. The zero-order valence-corrected chi connectivity index (χ0v) is 17.1. The number of benzene rings is 1. The Labute approximate surface area is 173 Å². The average molecular weight is 413 g/mol. The van der Waals surface area contributed by atoms with Crippen molar-refractivity contribution in [1.82, 2.24) is 14.8 Å². The first kappa shape index (κ1) is 21.4. The molecule has 0 amide bonds. The smallest absolute Gasteiger partial charge is 0.224 e. The number of aliphatic hydroxyl groups is 1. The van der Waals surface area contributed by atoms with Gasteiger partial charge in [0, 0.05) is 12.5 Å². The van der Waals surface area contributed by atoms with Crippen LogP contribution in [0.25, 0.3) is 5.76 Å². The van der Waals surface area contributed by atoms with Crippen molar-refractivity contribution in [3.05, 3.63) is 77.5 Å². The summed E-state index contributed by atoms with van der Waals surface area (Å²) in [6.07, 6.45) is 2.52. The highest BCUT2D eigenvalue weighted by atomic mass is 19.1. The summed E-state index contributed by atoms with van der Waals surface area (Å²) in [5.74, 6) is -0.177. The first-order valence-electron chi connectivity index (χ1n) is 9.63. The molecule has 2 aromatic heterocycles. The zero-order chi connectivity index (χ0) is 21.7. The summed E-state index contributed by atoms with van der Waals surface area (Å²) in [4.78, 5) is 16.4. The molecule has 0 aliphatic rings. The SMILES string of the molecule is CC(C)COC(C)n1cnc(C(O)=CC(=O)c2ccc(Cc3ccc(F)cc3)o2)n1. The van der Waals surface area contributed by atoms with E-state index in [9.17, 15) is 14.3 Å². The third kappa shape index (κ3) is 5.64. The third-order valence-corrected chi connectivity index (χ3v) is 4.24. The molecule has 30 heavy (non-hydrogen) atoms. The molecule has 2 heterocycles. The maximum absolute atomic E-state index is 13.0. The van der Waals surface area contributed by atoms with E-state index in [0.717, 1.165) is 11.6 Å². The number of aliphatic hydroxyl groups excluding tert-OH is 1. The maximum atomic E-state index is 13.0. The second-order valence-corrected chi connectivity index (χ2v) is 7.34. The fraction of sp³-hybridized carbons (Fsp3) is 0.318. The van der Waals surface area contributed by atoms with E-state index in [1.165, 1.54) is 29.2 Å². The van der Waals surface area contributed by atoms with Crippen LogP contribution in [0.15, 0.2) is 53.2 Å². The standard InChI is InChI=1S/C22H24FN3O4/c1-14(2)12-29-15(3)26-13-24-22(25-26)20(28)11-19(27)21-9-8-18(30-21)10-16-4-6-17(23)7-5-16/h4-9,11,13-15,28H,10,12H2,1-3H3. The lowest BCUT2D eigenvalue weighted by molar-refractivity contribution is -0.00664. The number of carbonyl (C=O) groups excluding carboxylic acids is 1. The molecule has 3 aromatic rings. The van der Waals surface area contributed by atoms with Gasteiger partial charge >= 0.3 is 0 Å². The van der Waals surface area contributed by atoms with Gasteiger partial charge in [0.05, 0.1) is 6.61 Å². The quantitative estimate of drug-likeness (QED) is 0.314. The van der Waals surface area contributed by atoms with E-state index in [0.29, 0.717) is 24.7 Å². The molecule has 7 nitrogen and oxygen atoms in total. The molecule has 1 N–H and O–H groups in total. The van der Waals surface area contributed by atoms with Gasteiger partial charge in [-0.3, -0.25) is 4.79 Å². The van der Waals surface area contributed by atoms with Crippen LogP contribution in [-0.2, 0) is 11.2 Å². The highest BCUT2D eigenvalue weighted by Gasteiger charge is 2.15. The van der Waals surface area contributed by atoms with E-state index >= 15 is 0 Å². The topological polar surface area (TPSA) is 90.4 Å². The summed E-state index contributed by atoms with van der Waals surface area (Å²) in [6.45, 7) is 6.46. The summed E-state index contributed by atoms with van der Waals surface area (Å²) >= 11 is 0. The van der Waals surface area contributed by atoms with Crippen LogP contribution in [0.4, 0.5) is 4.39 Å². The van der Waals surface area contributed by atoms with Crippen LogP contribution in [0.1, 0.15) is 54.7 Å². The first-order chi connectivity index (χ1) is 14.3. The number of ketones is 1. The maximum Gasteiger partial charge on any atom is 0.224 e. The minimum Gasteiger partial charge on any atom is -0.504 e. The molecule has 158 valence electrons. The van der Waals surface area contributed by atoms with Gasteiger partial charge in [-0.15, -0.1) is 5.10 Å². The molecule has 3 rings (SSSR count). The van der Waals surface area contributed by atoms with Gasteiger partial charge in [0.15, 0.2) is 11.5 Å². The number of allylic oxidation sites excluding steroid dienone is 1. The van der Waals surface area contributed by atoms with Gasteiger partial charge in [-0.05, 0) is 42.7 Å². The molecule has 0 spiro atoms. The van der Waals surface area contributed by atoms with Gasteiger partial charge in [0.25, 0.3) is 0 Å². The first-order valence-corrected chi connectivity index (χ1v) is 9.63. The number of hydrogen-bond donors (Lipinski definition) is 1. The fourth-order valence-corrected chi connectivity index (χ4v) is 2.64. The molecular formula is C22H24FN3O4. The third-order valence-electron chi connectivity index (χ3n) is 4.24. The van der Waals surface area contributed by atoms with E-state index in [-0.39, 0.29) is 29.4 Å². The Hall–Kier alpha value is -3.26. The molecular weight excluding hydrogens is 389 g/mol. The highest BCUT2D eigenvalue weighted by molar-refractivity contribution is 6.05. The highest BCUT2D eigenvalue weighted by Crippen LogP contribution is 2.17. The Kier molecular flexibility index (Phi) is 6.79. The predicted molar refractivity (Wildman–Crippen MR) is 108 cm³/mol. The van der Waals surface area contributed by atoms with Crippen molar-refractivity contribution in [1.29, 1.82) is 0 Å². The molecule has 0 saturated heterocycles. The van der Waals surface area contributed by atoms with Crippen molar-refractivity contribution < 1.29 is 23.4 Å². The largest absolute Gasteiger partial charge is 0.504 e. The molecule has 0 fully saturated rings. The number of carbonyl (C=O) groups is 1. The van der Waals surface area contributed by atoms with Crippen molar-refractivity contribution in [3.8, 4) is 0 Å². The second-order valence-electron chi connectivity index (χ2n) is 7.34. The van der Waals surface area contributed by atoms with Crippen molar-refractivity contribution in [2.75, 3.05) is 6.61 Å². The van der Waals surface area contributed by atoms with Gasteiger partial charge in [-0.1, -0.05) is 26.0 Å². The van der Waals surface area contributed by atoms with E-state index in [4.69, 9.17) is 9.15 Å². The molecule has 0 saturated carbocycles. The molecule has 0 radical (unpaired) electrons.